The highest BCUT2D eigenvalue weighted by Crippen LogP contribution is 2.32. The predicted octanol–water partition coefficient (Wildman–Crippen LogP) is 5.23. The van der Waals surface area contributed by atoms with Crippen LogP contribution in [0, 0.1) is 11.3 Å². The molecule has 2 nitrogen and oxygen atoms in total. The number of halogens is 1. The molecule has 1 N–H and O–H groups in total. The minimum absolute atomic E-state index is 0.385. The van der Waals surface area contributed by atoms with Crippen LogP contribution < -0.4 is 5.32 Å². The van der Waals surface area contributed by atoms with Crippen molar-refractivity contribution in [2.24, 2.45) is 0 Å². The van der Waals surface area contributed by atoms with Gasteiger partial charge in [0.1, 0.15) is 6.04 Å². The number of nitrogens with zero attached hydrogens (tertiary/aromatic N) is 1. The first kappa shape index (κ1) is 13.0. The first-order valence-electron chi connectivity index (χ1n) is 6.16. The van der Waals surface area contributed by atoms with E-state index in [1.54, 1.807) is 11.3 Å². The van der Waals surface area contributed by atoms with Gasteiger partial charge in [-0.3, -0.25) is 0 Å². The fourth-order valence-corrected chi connectivity index (χ4v) is 3.32. The molecule has 1 atom stereocenters. The molecule has 0 spiro atoms. The number of fused-ring (bicyclic) bond motifs is 1. The van der Waals surface area contributed by atoms with E-state index in [4.69, 9.17) is 11.6 Å². The monoisotopic (exact) mass is 298 g/mol. The van der Waals surface area contributed by atoms with Crippen molar-refractivity contribution in [1.29, 1.82) is 5.26 Å². The lowest BCUT2D eigenvalue weighted by Gasteiger charge is -2.12. The summed E-state index contributed by atoms with van der Waals surface area (Å²) in [6.07, 6.45) is 0. The van der Waals surface area contributed by atoms with Gasteiger partial charge in [-0.1, -0.05) is 35.9 Å². The Bertz CT molecular complexity index is 788. The van der Waals surface area contributed by atoms with Gasteiger partial charge >= 0.3 is 0 Å². The topological polar surface area (TPSA) is 35.8 Å². The Morgan fingerprint density at radius 1 is 1.15 bits per heavy atom. The molecule has 98 valence electrons. The zero-order valence-electron chi connectivity index (χ0n) is 10.5. The van der Waals surface area contributed by atoms with Gasteiger partial charge in [0.15, 0.2) is 0 Å². The summed E-state index contributed by atoms with van der Waals surface area (Å²) in [5.41, 5.74) is 1.85. The van der Waals surface area contributed by atoms with Gasteiger partial charge in [0, 0.05) is 21.0 Å². The molecule has 0 aliphatic rings. The molecule has 0 saturated heterocycles. The van der Waals surface area contributed by atoms with Crippen molar-refractivity contribution in [2.45, 2.75) is 6.04 Å². The molecule has 1 unspecified atom stereocenters. The average Bonchev–Trinajstić information content (AvgIpc) is 2.89. The molecule has 3 aromatic rings. The second kappa shape index (κ2) is 5.54. The lowest BCUT2D eigenvalue weighted by molar-refractivity contribution is 1.02. The zero-order valence-corrected chi connectivity index (χ0v) is 12.1. The number of rotatable bonds is 3. The van der Waals surface area contributed by atoms with Gasteiger partial charge in [-0.15, -0.1) is 11.3 Å². The van der Waals surface area contributed by atoms with Crippen LogP contribution in [0.15, 0.2) is 53.9 Å². The summed E-state index contributed by atoms with van der Waals surface area (Å²) in [6, 6.07) is 17.5. The first-order chi connectivity index (χ1) is 9.78. The molecular formula is C16H11ClN2S. The normalized spacial score (nSPS) is 12.0. The molecule has 20 heavy (non-hydrogen) atoms. The molecule has 0 bridgehead atoms. The first-order valence-corrected chi connectivity index (χ1v) is 7.41. The second-order valence-corrected chi connectivity index (χ2v) is 5.75. The van der Waals surface area contributed by atoms with Crippen molar-refractivity contribution in [1.82, 2.24) is 0 Å². The Kier molecular flexibility index (Phi) is 3.60. The van der Waals surface area contributed by atoms with Crippen molar-refractivity contribution in [2.75, 3.05) is 5.32 Å². The summed E-state index contributed by atoms with van der Waals surface area (Å²) in [7, 11) is 0. The summed E-state index contributed by atoms with van der Waals surface area (Å²) in [5, 5.41) is 16.5. The Balaban J connectivity index is 1.96. The van der Waals surface area contributed by atoms with Gasteiger partial charge in [-0.25, -0.2) is 0 Å². The van der Waals surface area contributed by atoms with Crippen molar-refractivity contribution in [3.8, 4) is 6.07 Å². The van der Waals surface area contributed by atoms with Crippen LogP contribution in [0.1, 0.15) is 11.6 Å². The van der Waals surface area contributed by atoms with Gasteiger partial charge < -0.3 is 5.32 Å². The van der Waals surface area contributed by atoms with E-state index >= 15 is 0 Å². The molecule has 0 fully saturated rings. The van der Waals surface area contributed by atoms with Crippen molar-refractivity contribution < 1.29 is 0 Å². The molecule has 0 amide bonds. The van der Waals surface area contributed by atoms with Crippen LogP contribution in [0.4, 0.5) is 5.69 Å². The largest absolute Gasteiger partial charge is 0.366 e. The smallest absolute Gasteiger partial charge is 0.141 e. The second-order valence-electron chi connectivity index (χ2n) is 4.40. The number of hydrogen-bond donors (Lipinski definition) is 1. The van der Waals surface area contributed by atoms with Crippen LogP contribution in [0.5, 0.6) is 0 Å². The third-order valence-corrected chi connectivity index (χ3v) is 4.30. The van der Waals surface area contributed by atoms with E-state index in [0.29, 0.717) is 5.02 Å². The van der Waals surface area contributed by atoms with Crippen LogP contribution >= 0.6 is 22.9 Å². The van der Waals surface area contributed by atoms with Crippen LogP contribution in [0.2, 0.25) is 5.02 Å². The third kappa shape index (κ3) is 2.49. The van der Waals surface area contributed by atoms with E-state index in [0.717, 1.165) is 16.6 Å². The fourth-order valence-electron chi connectivity index (χ4n) is 2.15. The summed E-state index contributed by atoms with van der Waals surface area (Å²) in [6.45, 7) is 0. The minimum Gasteiger partial charge on any atom is -0.366 e. The number of anilines is 1. The Labute approximate surface area is 126 Å². The van der Waals surface area contributed by atoms with E-state index in [2.05, 4.69) is 17.5 Å². The van der Waals surface area contributed by atoms with Crippen LogP contribution in [-0.2, 0) is 0 Å². The third-order valence-electron chi connectivity index (χ3n) is 3.09. The predicted molar refractivity (Wildman–Crippen MR) is 85.3 cm³/mol. The van der Waals surface area contributed by atoms with Crippen molar-refractivity contribution in [3.63, 3.8) is 0 Å². The number of benzene rings is 2. The standard InChI is InChI=1S/C16H11ClN2S/c17-11-4-3-5-12(8-11)19-15(9-18)14-10-20-16-7-2-1-6-13(14)16/h1-8,10,15,19H. The summed E-state index contributed by atoms with van der Waals surface area (Å²) >= 11 is 7.62. The quantitative estimate of drug-likeness (QED) is 0.718. The highest BCUT2D eigenvalue weighted by molar-refractivity contribution is 7.17. The van der Waals surface area contributed by atoms with Gasteiger partial charge in [0.25, 0.3) is 0 Å². The minimum atomic E-state index is -0.385. The molecule has 4 heteroatoms. The van der Waals surface area contributed by atoms with E-state index in [1.807, 2.05) is 47.8 Å². The number of hydrogen-bond acceptors (Lipinski definition) is 3. The molecule has 1 aromatic heterocycles. The summed E-state index contributed by atoms with van der Waals surface area (Å²) in [5.74, 6) is 0. The van der Waals surface area contributed by atoms with Gasteiger partial charge in [-0.2, -0.15) is 5.26 Å². The van der Waals surface area contributed by atoms with Crippen LogP contribution in [-0.4, -0.2) is 0 Å². The molecular weight excluding hydrogens is 288 g/mol. The lowest BCUT2D eigenvalue weighted by Crippen LogP contribution is -2.07. The molecule has 0 saturated carbocycles. The molecule has 0 radical (unpaired) electrons. The molecule has 1 heterocycles. The van der Waals surface area contributed by atoms with Gasteiger partial charge in [0.05, 0.1) is 6.07 Å². The zero-order chi connectivity index (χ0) is 13.9. The van der Waals surface area contributed by atoms with E-state index in [-0.39, 0.29) is 6.04 Å². The molecule has 3 rings (SSSR count). The molecule has 0 aliphatic carbocycles. The number of nitrogens with one attached hydrogen (secondary N) is 1. The SMILES string of the molecule is N#CC(Nc1cccc(Cl)c1)c1csc2ccccc12. The Morgan fingerprint density at radius 2 is 2.00 bits per heavy atom. The fraction of sp³-hybridized carbons (Fsp3) is 0.0625. The molecule has 2 aromatic carbocycles. The van der Waals surface area contributed by atoms with Crippen molar-refractivity contribution >= 4 is 38.7 Å². The summed E-state index contributed by atoms with van der Waals surface area (Å²) in [4.78, 5) is 0. The average molecular weight is 299 g/mol. The van der Waals surface area contributed by atoms with Gasteiger partial charge in [-0.05, 0) is 35.0 Å². The maximum atomic E-state index is 9.45. The highest BCUT2D eigenvalue weighted by atomic mass is 35.5. The van der Waals surface area contributed by atoms with E-state index in [9.17, 15) is 5.26 Å². The van der Waals surface area contributed by atoms with E-state index in [1.165, 1.54) is 4.70 Å². The van der Waals surface area contributed by atoms with Gasteiger partial charge in [0.2, 0.25) is 0 Å². The maximum absolute atomic E-state index is 9.45. The molecule has 0 aliphatic heterocycles. The summed E-state index contributed by atoms with van der Waals surface area (Å²) < 4.78 is 1.19. The lowest BCUT2D eigenvalue weighted by atomic mass is 10.1. The van der Waals surface area contributed by atoms with E-state index < -0.39 is 0 Å². The Morgan fingerprint density at radius 3 is 2.80 bits per heavy atom. The number of thiophene rings is 1. The van der Waals surface area contributed by atoms with Crippen LogP contribution in [0.25, 0.3) is 10.1 Å². The van der Waals surface area contributed by atoms with Crippen molar-refractivity contribution in [3.05, 3.63) is 64.5 Å². The van der Waals surface area contributed by atoms with Crippen LogP contribution in [0.3, 0.4) is 0 Å². The maximum Gasteiger partial charge on any atom is 0.141 e. The number of nitriles is 1. The Hall–Kier alpha value is -2.02. The highest BCUT2D eigenvalue weighted by Gasteiger charge is 2.15.